The monoisotopic (exact) mass is 230 g/mol. The second-order valence-corrected chi connectivity index (χ2v) is 4.45. The normalized spacial score (nSPS) is 23.6. The van der Waals surface area contributed by atoms with E-state index in [-0.39, 0.29) is 0 Å². The molecule has 0 amide bonds. The largest absolute Gasteiger partial charge is 0.398 e. The predicted octanol–water partition coefficient (Wildman–Crippen LogP) is 1.16. The zero-order valence-electron chi connectivity index (χ0n) is 9.30. The summed E-state index contributed by atoms with van der Waals surface area (Å²) in [4.78, 5) is 4.51. The summed E-state index contributed by atoms with van der Waals surface area (Å²) in [7, 11) is 0. The fourth-order valence-electron chi connectivity index (χ4n) is 2.46. The Balaban J connectivity index is 2.32. The van der Waals surface area contributed by atoms with Gasteiger partial charge in [-0.05, 0) is 18.9 Å². The minimum absolute atomic E-state index is 0.527. The molecule has 0 fully saturated rings. The lowest BCUT2D eigenvalue weighted by Gasteiger charge is -2.27. The van der Waals surface area contributed by atoms with E-state index in [1.807, 2.05) is 24.3 Å². The Morgan fingerprint density at radius 2 is 2.00 bits per heavy atom. The van der Waals surface area contributed by atoms with Crippen molar-refractivity contribution >= 4 is 16.6 Å². The summed E-state index contributed by atoms with van der Waals surface area (Å²) < 4.78 is 0. The van der Waals surface area contributed by atoms with Gasteiger partial charge in [-0.1, -0.05) is 18.2 Å². The lowest BCUT2D eigenvalue weighted by molar-refractivity contribution is 0.00640. The summed E-state index contributed by atoms with van der Waals surface area (Å²) in [5.41, 5.74) is 8.86. The number of nitrogens with two attached hydrogens (primary N) is 1. The van der Waals surface area contributed by atoms with E-state index < -0.39 is 12.2 Å². The second-order valence-electron chi connectivity index (χ2n) is 4.45. The van der Waals surface area contributed by atoms with Gasteiger partial charge in [0.25, 0.3) is 0 Å². The molecular weight excluding hydrogens is 216 g/mol. The first-order valence-corrected chi connectivity index (χ1v) is 5.71. The number of rotatable bonds is 0. The van der Waals surface area contributed by atoms with Gasteiger partial charge in [-0.15, -0.1) is 0 Å². The first kappa shape index (κ1) is 10.5. The average molecular weight is 230 g/mol. The number of benzene rings is 1. The minimum Gasteiger partial charge on any atom is -0.398 e. The number of fused-ring (bicyclic) bond motifs is 2. The van der Waals surface area contributed by atoms with Crippen molar-refractivity contribution in [3.8, 4) is 0 Å². The third kappa shape index (κ3) is 1.49. The Morgan fingerprint density at radius 1 is 1.24 bits per heavy atom. The lowest BCUT2D eigenvalue weighted by atomic mass is 9.88. The number of nitrogens with zero attached hydrogens (tertiary/aromatic N) is 1. The molecule has 17 heavy (non-hydrogen) atoms. The quantitative estimate of drug-likeness (QED) is 0.634. The third-order valence-electron chi connectivity index (χ3n) is 3.39. The van der Waals surface area contributed by atoms with Crippen LogP contribution in [-0.4, -0.2) is 21.3 Å². The van der Waals surface area contributed by atoms with Crippen LogP contribution >= 0.6 is 0 Å². The third-order valence-corrected chi connectivity index (χ3v) is 3.39. The molecule has 0 saturated carbocycles. The fourth-order valence-corrected chi connectivity index (χ4v) is 2.46. The molecule has 2 aromatic rings. The highest BCUT2D eigenvalue weighted by molar-refractivity contribution is 5.92. The minimum atomic E-state index is -0.921. The van der Waals surface area contributed by atoms with E-state index in [2.05, 4.69) is 4.98 Å². The standard InChI is InChI=1S/C13H14N2O2/c14-12-7-3-1-2-4-8(7)15-9-5-6-10(16)13(17)11(9)12/h1-4,10,13,16-17H,5-6H2,(H2,14,15). The van der Waals surface area contributed by atoms with E-state index in [1.54, 1.807) is 0 Å². The van der Waals surface area contributed by atoms with E-state index in [0.717, 1.165) is 16.6 Å². The van der Waals surface area contributed by atoms with Crippen LogP contribution in [0.1, 0.15) is 23.8 Å². The van der Waals surface area contributed by atoms with Crippen molar-refractivity contribution < 1.29 is 10.2 Å². The maximum absolute atomic E-state index is 10.0. The molecule has 1 aromatic heterocycles. The summed E-state index contributed by atoms with van der Waals surface area (Å²) in [6, 6.07) is 7.59. The topological polar surface area (TPSA) is 79.4 Å². The molecular formula is C13H14N2O2. The number of hydrogen-bond acceptors (Lipinski definition) is 4. The van der Waals surface area contributed by atoms with Gasteiger partial charge in [0.2, 0.25) is 0 Å². The summed E-state index contributed by atoms with van der Waals surface area (Å²) in [5.74, 6) is 0. The van der Waals surface area contributed by atoms with E-state index in [4.69, 9.17) is 5.73 Å². The van der Waals surface area contributed by atoms with Crippen LogP contribution < -0.4 is 5.73 Å². The van der Waals surface area contributed by atoms with Crippen molar-refractivity contribution in [2.24, 2.45) is 0 Å². The Kier molecular flexibility index (Phi) is 2.28. The molecule has 0 saturated heterocycles. The molecule has 2 atom stereocenters. The van der Waals surface area contributed by atoms with E-state index in [0.29, 0.717) is 24.1 Å². The molecule has 1 aliphatic rings. The van der Waals surface area contributed by atoms with Crippen LogP contribution in [0.25, 0.3) is 10.9 Å². The van der Waals surface area contributed by atoms with Gasteiger partial charge >= 0.3 is 0 Å². The number of aliphatic hydroxyl groups is 2. The van der Waals surface area contributed by atoms with Crippen molar-refractivity contribution in [3.05, 3.63) is 35.5 Å². The molecule has 4 nitrogen and oxygen atoms in total. The second kappa shape index (κ2) is 3.68. The maximum Gasteiger partial charge on any atom is 0.109 e. The first-order chi connectivity index (χ1) is 8.18. The summed E-state index contributed by atoms with van der Waals surface area (Å²) >= 11 is 0. The van der Waals surface area contributed by atoms with Crippen LogP contribution in [0, 0.1) is 0 Å². The zero-order chi connectivity index (χ0) is 12.0. The molecule has 1 aliphatic carbocycles. The van der Waals surface area contributed by atoms with E-state index in [1.165, 1.54) is 0 Å². The Labute approximate surface area is 98.7 Å². The molecule has 0 aliphatic heterocycles. The molecule has 1 heterocycles. The van der Waals surface area contributed by atoms with Gasteiger partial charge in [-0.25, -0.2) is 0 Å². The molecule has 3 rings (SSSR count). The van der Waals surface area contributed by atoms with Gasteiger partial charge in [0, 0.05) is 22.3 Å². The summed E-state index contributed by atoms with van der Waals surface area (Å²) in [5, 5.41) is 20.5. The van der Waals surface area contributed by atoms with Gasteiger partial charge in [-0.2, -0.15) is 0 Å². The van der Waals surface area contributed by atoms with Crippen molar-refractivity contribution in [1.82, 2.24) is 4.98 Å². The summed E-state index contributed by atoms with van der Waals surface area (Å²) in [6.07, 6.45) is -0.481. The predicted molar refractivity (Wildman–Crippen MR) is 65.4 cm³/mol. The molecule has 0 radical (unpaired) electrons. The molecule has 1 aromatic carbocycles. The Bertz CT molecular complexity index is 583. The van der Waals surface area contributed by atoms with Crippen LogP contribution in [0.2, 0.25) is 0 Å². The highest BCUT2D eigenvalue weighted by Gasteiger charge is 2.30. The summed E-state index contributed by atoms with van der Waals surface area (Å²) in [6.45, 7) is 0. The maximum atomic E-state index is 10.0. The van der Waals surface area contributed by atoms with Crippen molar-refractivity contribution in [2.75, 3.05) is 5.73 Å². The first-order valence-electron chi connectivity index (χ1n) is 5.71. The van der Waals surface area contributed by atoms with Gasteiger partial charge in [-0.3, -0.25) is 4.98 Å². The lowest BCUT2D eigenvalue weighted by Crippen LogP contribution is -2.27. The van der Waals surface area contributed by atoms with Crippen LogP contribution in [0.4, 0.5) is 5.69 Å². The molecule has 4 N–H and O–H groups in total. The average Bonchev–Trinajstić information content (AvgIpc) is 2.34. The van der Waals surface area contributed by atoms with Gasteiger partial charge in [0.05, 0.1) is 11.6 Å². The van der Waals surface area contributed by atoms with Crippen molar-refractivity contribution in [3.63, 3.8) is 0 Å². The number of aliphatic hydroxyl groups excluding tert-OH is 2. The van der Waals surface area contributed by atoms with E-state index >= 15 is 0 Å². The molecule has 2 unspecified atom stereocenters. The fraction of sp³-hybridized carbons (Fsp3) is 0.308. The van der Waals surface area contributed by atoms with Crippen molar-refractivity contribution in [1.29, 1.82) is 0 Å². The molecule has 4 heteroatoms. The van der Waals surface area contributed by atoms with E-state index in [9.17, 15) is 10.2 Å². The number of anilines is 1. The molecule has 0 bridgehead atoms. The van der Waals surface area contributed by atoms with Crippen LogP contribution in [-0.2, 0) is 6.42 Å². The van der Waals surface area contributed by atoms with Crippen LogP contribution in [0.15, 0.2) is 24.3 Å². The number of nitrogen functional groups attached to an aromatic ring is 1. The van der Waals surface area contributed by atoms with Gasteiger partial charge in [0.1, 0.15) is 6.10 Å². The smallest absolute Gasteiger partial charge is 0.109 e. The zero-order valence-corrected chi connectivity index (χ0v) is 9.30. The Hall–Kier alpha value is -1.65. The molecule has 0 spiro atoms. The highest BCUT2D eigenvalue weighted by atomic mass is 16.3. The number of para-hydroxylation sites is 1. The number of aromatic nitrogens is 1. The Morgan fingerprint density at radius 3 is 2.82 bits per heavy atom. The highest BCUT2D eigenvalue weighted by Crippen LogP contribution is 2.36. The molecule has 88 valence electrons. The van der Waals surface area contributed by atoms with Gasteiger partial charge in [0.15, 0.2) is 0 Å². The van der Waals surface area contributed by atoms with Crippen molar-refractivity contribution in [2.45, 2.75) is 25.0 Å². The van der Waals surface area contributed by atoms with Gasteiger partial charge < -0.3 is 15.9 Å². The number of aryl methyl sites for hydroxylation is 1. The SMILES string of the molecule is Nc1c2c(nc3ccccc13)CCC(O)C2O. The van der Waals surface area contributed by atoms with Crippen LogP contribution in [0.5, 0.6) is 0 Å². The number of hydrogen-bond donors (Lipinski definition) is 3. The number of pyridine rings is 1. The van der Waals surface area contributed by atoms with Crippen LogP contribution in [0.3, 0.4) is 0 Å².